The molecule has 3 rings (SSSR count). The van der Waals surface area contributed by atoms with Gasteiger partial charge >= 0.3 is 5.97 Å². The normalized spacial score (nSPS) is 17.7. The first-order chi connectivity index (χ1) is 15.8. The van der Waals surface area contributed by atoms with Crippen molar-refractivity contribution >= 4 is 46.8 Å². The number of carbonyl (C=O) groups excluding carboxylic acids is 3. The van der Waals surface area contributed by atoms with Crippen LogP contribution in [0.4, 0.5) is 5.69 Å². The second kappa shape index (κ2) is 10.6. The number of benzene rings is 2. The molecule has 1 heterocycles. The third-order valence-electron chi connectivity index (χ3n) is 5.31. The Bertz CT molecular complexity index is 1170. The lowest BCUT2D eigenvalue weighted by molar-refractivity contribution is -0.150. The third kappa shape index (κ3) is 5.38. The molecule has 1 aliphatic rings. The van der Waals surface area contributed by atoms with Crippen molar-refractivity contribution in [1.82, 2.24) is 5.32 Å². The fourth-order valence-electron chi connectivity index (χ4n) is 3.52. The summed E-state index contributed by atoms with van der Waals surface area (Å²) in [7, 11) is 1.20. The van der Waals surface area contributed by atoms with Crippen LogP contribution in [-0.2, 0) is 19.1 Å². The highest BCUT2D eigenvalue weighted by molar-refractivity contribution is 8.03. The molecule has 2 N–H and O–H groups in total. The average molecular weight is 484 g/mol. The molecule has 0 aromatic heterocycles. The molecule has 0 spiro atoms. The van der Waals surface area contributed by atoms with Crippen molar-refractivity contribution in [3.63, 3.8) is 0 Å². The van der Waals surface area contributed by atoms with E-state index in [0.29, 0.717) is 16.3 Å². The maximum atomic E-state index is 12.9. The van der Waals surface area contributed by atoms with E-state index in [9.17, 15) is 19.6 Å². The number of hydrogen-bond acceptors (Lipinski definition) is 6. The molecule has 0 saturated heterocycles. The van der Waals surface area contributed by atoms with E-state index in [1.54, 1.807) is 37.3 Å². The van der Waals surface area contributed by atoms with Crippen LogP contribution in [0.15, 0.2) is 53.1 Å². The summed E-state index contributed by atoms with van der Waals surface area (Å²) in [5.41, 5.74) is 3.16. The van der Waals surface area contributed by atoms with Crippen LogP contribution in [0.5, 0.6) is 0 Å². The highest BCUT2D eigenvalue weighted by atomic mass is 35.5. The van der Waals surface area contributed by atoms with Gasteiger partial charge in [-0.25, -0.2) is 0 Å². The summed E-state index contributed by atoms with van der Waals surface area (Å²) in [5, 5.41) is 16.1. The molecule has 0 radical (unpaired) electrons. The summed E-state index contributed by atoms with van der Waals surface area (Å²) in [6, 6.07) is 14.6. The van der Waals surface area contributed by atoms with Crippen molar-refractivity contribution in [1.29, 1.82) is 5.26 Å². The summed E-state index contributed by atoms with van der Waals surface area (Å²) in [6.45, 7) is 3.71. The molecule has 9 heteroatoms. The number of halogens is 1. The number of ether oxygens (including phenoxy) is 1. The predicted octanol–water partition coefficient (Wildman–Crippen LogP) is 4.07. The highest BCUT2D eigenvalue weighted by Gasteiger charge is 2.44. The first-order valence-corrected chi connectivity index (χ1v) is 11.4. The molecule has 0 aliphatic carbocycles. The summed E-state index contributed by atoms with van der Waals surface area (Å²) in [5.74, 6) is -3.73. The maximum absolute atomic E-state index is 12.9. The van der Waals surface area contributed by atoms with Gasteiger partial charge in [-0.15, -0.1) is 0 Å². The number of anilines is 1. The number of nitriles is 1. The smallest absolute Gasteiger partial charge is 0.319 e. The van der Waals surface area contributed by atoms with Gasteiger partial charge in [0.1, 0.15) is 5.92 Å². The zero-order valence-corrected chi connectivity index (χ0v) is 19.8. The molecule has 0 bridgehead atoms. The van der Waals surface area contributed by atoms with E-state index in [2.05, 4.69) is 16.7 Å². The first-order valence-electron chi connectivity index (χ1n) is 10.0. The van der Waals surface area contributed by atoms with Gasteiger partial charge in [0.15, 0.2) is 0 Å². The lowest BCUT2D eigenvalue weighted by Crippen LogP contribution is -2.44. The summed E-state index contributed by atoms with van der Waals surface area (Å²) in [4.78, 5) is 37.8. The number of allylic oxidation sites excluding steroid dienone is 1. The van der Waals surface area contributed by atoms with Crippen LogP contribution in [0.3, 0.4) is 0 Å². The molecule has 2 amide bonds. The molecule has 2 aromatic carbocycles. The summed E-state index contributed by atoms with van der Waals surface area (Å²) >= 11 is 7.12. The quantitative estimate of drug-likeness (QED) is 0.473. The molecule has 1 aliphatic heterocycles. The maximum Gasteiger partial charge on any atom is 0.319 e. The number of amides is 2. The SMILES string of the molecule is COC(=O)C1C(=O)NC(SCC(=O)Nc2cccc(Cl)c2C)=C(C#N)C1c1ccc(C)cc1. The molecule has 2 atom stereocenters. The number of aryl methyl sites for hydroxylation is 1. The fourth-order valence-corrected chi connectivity index (χ4v) is 4.54. The number of esters is 1. The Balaban J connectivity index is 1.89. The number of nitrogens with one attached hydrogen (secondary N) is 2. The minimum Gasteiger partial charge on any atom is -0.468 e. The zero-order chi connectivity index (χ0) is 24.1. The van der Waals surface area contributed by atoms with Crippen LogP contribution in [0.2, 0.25) is 5.02 Å². The number of nitrogens with zero attached hydrogens (tertiary/aromatic N) is 1. The molecular formula is C24H22ClN3O4S. The molecule has 2 aromatic rings. The van der Waals surface area contributed by atoms with Crippen LogP contribution in [0.1, 0.15) is 22.6 Å². The van der Waals surface area contributed by atoms with Gasteiger partial charge < -0.3 is 15.4 Å². The van der Waals surface area contributed by atoms with E-state index in [4.69, 9.17) is 16.3 Å². The van der Waals surface area contributed by atoms with Gasteiger partial charge in [0.25, 0.3) is 0 Å². The Labute approximate surface area is 201 Å². The Hall–Kier alpha value is -3.28. The minimum atomic E-state index is -1.21. The Morgan fingerprint density at radius 3 is 2.55 bits per heavy atom. The van der Waals surface area contributed by atoms with Crippen molar-refractivity contribution in [3.8, 4) is 6.07 Å². The van der Waals surface area contributed by atoms with Crippen molar-refractivity contribution in [3.05, 3.63) is 74.8 Å². The van der Waals surface area contributed by atoms with Crippen LogP contribution >= 0.6 is 23.4 Å². The lowest BCUT2D eigenvalue weighted by atomic mass is 9.78. The molecule has 7 nitrogen and oxygen atoms in total. The monoisotopic (exact) mass is 483 g/mol. The van der Waals surface area contributed by atoms with Crippen molar-refractivity contribution in [2.45, 2.75) is 19.8 Å². The Kier molecular flexibility index (Phi) is 7.79. The third-order valence-corrected chi connectivity index (χ3v) is 6.74. The standard InChI is InChI=1S/C24H22ClN3O4S/c1-13-7-9-15(10-8-13)20-16(11-26)23(28-22(30)21(20)24(31)32-3)33-12-19(29)27-18-6-4-5-17(25)14(18)2/h4-10,20-21H,12H2,1-3H3,(H,27,29)(H,28,30). The zero-order valence-electron chi connectivity index (χ0n) is 18.3. The largest absolute Gasteiger partial charge is 0.468 e. The van der Waals surface area contributed by atoms with Gasteiger partial charge in [-0.1, -0.05) is 59.3 Å². The highest BCUT2D eigenvalue weighted by Crippen LogP contribution is 2.40. The molecular weight excluding hydrogens is 462 g/mol. The van der Waals surface area contributed by atoms with Gasteiger partial charge in [-0.05, 0) is 37.1 Å². The van der Waals surface area contributed by atoms with Crippen LogP contribution in [0, 0.1) is 31.1 Å². The van der Waals surface area contributed by atoms with Crippen LogP contribution < -0.4 is 10.6 Å². The summed E-state index contributed by atoms with van der Waals surface area (Å²) in [6.07, 6.45) is 0. The van der Waals surface area contributed by atoms with Gasteiger partial charge in [0, 0.05) is 16.6 Å². The molecule has 2 unspecified atom stereocenters. The molecule has 0 saturated carbocycles. The second-order valence-corrected chi connectivity index (χ2v) is 8.88. The molecule has 33 heavy (non-hydrogen) atoms. The van der Waals surface area contributed by atoms with E-state index in [0.717, 1.165) is 22.9 Å². The van der Waals surface area contributed by atoms with Crippen molar-refractivity contribution < 1.29 is 19.1 Å². The van der Waals surface area contributed by atoms with Gasteiger partial charge in [-0.3, -0.25) is 14.4 Å². The van der Waals surface area contributed by atoms with E-state index < -0.39 is 23.7 Å². The second-order valence-electron chi connectivity index (χ2n) is 7.48. The van der Waals surface area contributed by atoms with E-state index in [1.807, 2.05) is 19.1 Å². The van der Waals surface area contributed by atoms with Gasteiger partial charge in [-0.2, -0.15) is 5.26 Å². The topological polar surface area (TPSA) is 108 Å². The summed E-state index contributed by atoms with van der Waals surface area (Å²) < 4.78 is 4.84. The number of thioether (sulfide) groups is 1. The van der Waals surface area contributed by atoms with Crippen LogP contribution in [-0.4, -0.2) is 30.6 Å². The fraction of sp³-hybridized carbons (Fsp3) is 0.250. The number of rotatable bonds is 6. The number of carbonyl (C=O) groups is 3. The Morgan fingerprint density at radius 1 is 1.21 bits per heavy atom. The minimum absolute atomic E-state index is 0.0593. The van der Waals surface area contributed by atoms with E-state index in [-0.39, 0.29) is 22.3 Å². The lowest BCUT2D eigenvalue weighted by Gasteiger charge is -2.31. The van der Waals surface area contributed by atoms with E-state index >= 15 is 0 Å². The van der Waals surface area contributed by atoms with Gasteiger partial charge in [0.05, 0.1) is 29.5 Å². The van der Waals surface area contributed by atoms with E-state index in [1.165, 1.54) is 7.11 Å². The average Bonchev–Trinajstić information content (AvgIpc) is 2.80. The first kappa shape index (κ1) is 24.4. The number of hydrogen-bond donors (Lipinski definition) is 2. The van der Waals surface area contributed by atoms with Crippen molar-refractivity contribution in [2.24, 2.45) is 5.92 Å². The predicted molar refractivity (Wildman–Crippen MR) is 127 cm³/mol. The van der Waals surface area contributed by atoms with Gasteiger partial charge in [0.2, 0.25) is 11.8 Å². The van der Waals surface area contributed by atoms with Crippen LogP contribution in [0.25, 0.3) is 0 Å². The molecule has 170 valence electrons. The Morgan fingerprint density at radius 2 is 1.91 bits per heavy atom. The van der Waals surface area contributed by atoms with Crippen molar-refractivity contribution in [2.75, 3.05) is 18.2 Å². The number of methoxy groups -OCH3 is 1. The molecule has 0 fully saturated rings.